The van der Waals surface area contributed by atoms with Crippen molar-refractivity contribution >= 4 is 17.7 Å². The lowest BCUT2D eigenvalue weighted by molar-refractivity contribution is -0.139. The third-order valence-electron chi connectivity index (χ3n) is 1.75. The number of nitrogens with one attached hydrogen (secondary N) is 1. The first-order valence-corrected chi connectivity index (χ1v) is 4.28. The molecule has 0 saturated heterocycles. The van der Waals surface area contributed by atoms with Crippen LogP contribution in [0.15, 0.2) is 4.63 Å². The highest BCUT2D eigenvalue weighted by Gasteiger charge is 2.23. The second kappa shape index (κ2) is 5.07. The first-order valence-electron chi connectivity index (χ1n) is 4.28. The molecule has 1 aromatic heterocycles. The van der Waals surface area contributed by atoms with Gasteiger partial charge in [0.15, 0.2) is 0 Å². The van der Waals surface area contributed by atoms with Gasteiger partial charge in [0.1, 0.15) is 6.04 Å². The molecular formula is C7H10N4O5. The molecule has 16 heavy (non-hydrogen) atoms. The van der Waals surface area contributed by atoms with E-state index in [9.17, 15) is 9.59 Å². The summed E-state index contributed by atoms with van der Waals surface area (Å²) in [5, 5.41) is 25.8. The van der Waals surface area contributed by atoms with Crippen LogP contribution in [0.4, 0.5) is 5.82 Å². The van der Waals surface area contributed by atoms with E-state index >= 15 is 0 Å². The van der Waals surface area contributed by atoms with E-state index in [4.69, 9.17) is 15.9 Å². The lowest BCUT2D eigenvalue weighted by atomic mass is 10.2. The minimum atomic E-state index is -1.27. The van der Waals surface area contributed by atoms with Crippen LogP contribution in [0.25, 0.3) is 0 Å². The summed E-state index contributed by atoms with van der Waals surface area (Å²) in [4.78, 5) is 22.1. The topological polar surface area (TPSA) is 152 Å². The quantitative estimate of drug-likeness (QED) is 0.463. The second-order valence-corrected chi connectivity index (χ2v) is 2.87. The summed E-state index contributed by atoms with van der Waals surface area (Å²) in [7, 11) is 0. The molecule has 0 aromatic carbocycles. The molecule has 0 aliphatic heterocycles. The molecule has 5 N–H and O–H groups in total. The Hall–Kier alpha value is -2.16. The second-order valence-electron chi connectivity index (χ2n) is 2.87. The largest absolute Gasteiger partial charge is 0.480 e. The Morgan fingerprint density at radius 1 is 1.50 bits per heavy atom. The number of nitrogens with two attached hydrogens (primary N) is 1. The van der Waals surface area contributed by atoms with Crippen LogP contribution >= 0.6 is 0 Å². The van der Waals surface area contributed by atoms with Crippen LogP contribution < -0.4 is 11.1 Å². The average molecular weight is 230 g/mol. The molecule has 0 fully saturated rings. The monoisotopic (exact) mass is 230 g/mol. The molecule has 0 bridgehead atoms. The van der Waals surface area contributed by atoms with Gasteiger partial charge in [0, 0.05) is 13.0 Å². The van der Waals surface area contributed by atoms with Gasteiger partial charge in [-0.3, -0.25) is 4.79 Å². The van der Waals surface area contributed by atoms with E-state index < -0.39 is 17.9 Å². The molecule has 9 nitrogen and oxygen atoms in total. The molecule has 1 amide bonds. The minimum Gasteiger partial charge on any atom is -0.480 e. The highest BCUT2D eigenvalue weighted by molar-refractivity contribution is 5.98. The highest BCUT2D eigenvalue weighted by Crippen LogP contribution is 2.04. The van der Waals surface area contributed by atoms with Gasteiger partial charge < -0.3 is 21.3 Å². The van der Waals surface area contributed by atoms with Crippen molar-refractivity contribution in [1.82, 2.24) is 15.6 Å². The van der Waals surface area contributed by atoms with E-state index in [0.29, 0.717) is 0 Å². The van der Waals surface area contributed by atoms with E-state index in [1.807, 2.05) is 0 Å². The Kier molecular flexibility index (Phi) is 3.78. The molecule has 1 aromatic rings. The predicted octanol–water partition coefficient (Wildman–Crippen LogP) is -1.78. The van der Waals surface area contributed by atoms with Gasteiger partial charge in [0.25, 0.3) is 5.91 Å². The molecule has 0 aliphatic rings. The fraction of sp³-hybridized carbons (Fsp3) is 0.429. The van der Waals surface area contributed by atoms with Gasteiger partial charge >= 0.3 is 5.97 Å². The molecular weight excluding hydrogens is 220 g/mol. The van der Waals surface area contributed by atoms with Gasteiger partial charge in [-0.25, -0.2) is 9.42 Å². The maximum Gasteiger partial charge on any atom is 0.326 e. The van der Waals surface area contributed by atoms with Crippen molar-refractivity contribution in [3.05, 3.63) is 5.69 Å². The molecule has 1 rings (SSSR count). The van der Waals surface area contributed by atoms with E-state index in [0.717, 1.165) is 0 Å². The molecule has 0 aliphatic carbocycles. The number of aliphatic carboxylic acids is 1. The lowest BCUT2D eigenvalue weighted by Gasteiger charge is -2.11. The number of rotatable bonds is 5. The van der Waals surface area contributed by atoms with Crippen molar-refractivity contribution in [2.45, 2.75) is 12.5 Å². The smallest absolute Gasteiger partial charge is 0.326 e. The van der Waals surface area contributed by atoms with Crippen molar-refractivity contribution in [3.8, 4) is 0 Å². The number of hydrogen-bond donors (Lipinski definition) is 4. The zero-order valence-electron chi connectivity index (χ0n) is 8.08. The van der Waals surface area contributed by atoms with Gasteiger partial charge in [-0.15, -0.1) is 0 Å². The number of carbonyl (C=O) groups excluding carboxylic acids is 1. The van der Waals surface area contributed by atoms with Crippen LogP contribution in [0.3, 0.4) is 0 Å². The Labute approximate surface area is 89.2 Å². The van der Waals surface area contributed by atoms with Crippen LogP contribution in [0.2, 0.25) is 0 Å². The first kappa shape index (κ1) is 11.9. The number of amides is 1. The fourth-order valence-electron chi connectivity index (χ4n) is 0.966. The average Bonchev–Trinajstić information content (AvgIpc) is 2.63. The fourth-order valence-corrected chi connectivity index (χ4v) is 0.966. The number of nitrogens with zero attached hydrogens (tertiary/aromatic N) is 2. The van der Waals surface area contributed by atoms with Crippen molar-refractivity contribution in [2.24, 2.45) is 0 Å². The zero-order valence-corrected chi connectivity index (χ0v) is 8.08. The number of aliphatic hydroxyl groups is 1. The zero-order chi connectivity index (χ0) is 12.1. The normalized spacial score (nSPS) is 12.1. The third-order valence-corrected chi connectivity index (χ3v) is 1.75. The Bertz CT molecular complexity index is 390. The molecule has 0 saturated carbocycles. The number of carboxylic acids is 1. The lowest BCUT2D eigenvalue weighted by Crippen LogP contribution is -2.41. The summed E-state index contributed by atoms with van der Waals surface area (Å²) in [6.07, 6.45) is -0.119. The predicted molar refractivity (Wildman–Crippen MR) is 49.3 cm³/mol. The van der Waals surface area contributed by atoms with Gasteiger partial charge in [-0.05, 0) is 10.3 Å². The summed E-state index contributed by atoms with van der Waals surface area (Å²) in [5.41, 5.74) is 4.95. The van der Waals surface area contributed by atoms with Gasteiger partial charge in [-0.2, -0.15) is 0 Å². The van der Waals surface area contributed by atoms with Crippen LogP contribution in [0.1, 0.15) is 16.9 Å². The van der Waals surface area contributed by atoms with Crippen LogP contribution in [-0.4, -0.2) is 45.1 Å². The van der Waals surface area contributed by atoms with Crippen molar-refractivity contribution in [2.75, 3.05) is 12.3 Å². The highest BCUT2D eigenvalue weighted by atomic mass is 16.6. The van der Waals surface area contributed by atoms with Crippen LogP contribution in [0, 0.1) is 0 Å². The molecule has 88 valence electrons. The summed E-state index contributed by atoms with van der Waals surface area (Å²) in [5.74, 6) is -2.32. The number of carbonyl (C=O) groups is 2. The Balaban J connectivity index is 2.69. The maximum atomic E-state index is 11.4. The van der Waals surface area contributed by atoms with E-state index in [2.05, 4.69) is 20.3 Å². The van der Waals surface area contributed by atoms with Crippen LogP contribution in [0.5, 0.6) is 0 Å². The maximum absolute atomic E-state index is 11.4. The Morgan fingerprint density at radius 2 is 2.19 bits per heavy atom. The Morgan fingerprint density at radius 3 is 2.62 bits per heavy atom. The summed E-state index contributed by atoms with van der Waals surface area (Å²) in [6, 6.07) is -1.21. The van der Waals surface area contributed by atoms with E-state index in [1.54, 1.807) is 0 Å². The first-order chi connectivity index (χ1) is 7.56. The molecule has 1 heterocycles. The molecule has 0 spiro atoms. The van der Waals surface area contributed by atoms with Crippen molar-refractivity contribution in [3.63, 3.8) is 0 Å². The number of aliphatic hydroxyl groups excluding tert-OH is 1. The SMILES string of the molecule is Nc1nonc1C(=O)N[C@H](CCO)C(=O)O. The number of carboxylic acid groups (broad SMARTS) is 1. The minimum absolute atomic E-state index is 0.119. The van der Waals surface area contributed by atoms with Gasteiger partial charge in [-0.1, -0.05) is 0 Å². The standard InChI is InChI=1S/C7H10N4O5/c8-5-4(10-16-11-5)6(13)9-3(1-2-12)7(14)15/h3,12H,1-2H2,(H2,8,11)(H,9,13)(H,14,15)/t3-/m1/s1. The summed E-state index contributed by atoms with van der Waals surface area (Å²) < 4.78 is 4.19. The van der Waals surface area contributed by atoms with Gasteiger partial charge in [0.2, 0.25) is 11.5 Å². The van der Waals surface area contributed by atoms with Crippen molar-refractivity contribution < 1.29 is 24.4 Å². The van der Waals surface area contributed by atoms with E-state index in [1.165, 1.54) is 0 Å². The van der Waals surface area contributed by atoms with Gasteiger partial charge in [0.05, 0.1) is 0 Å². The van der Waals surface area contributed by atoms with Crippen LogP contribution in [-0.2, 0) is 4.79 Å². The number of hydrogen-bond acceptors (Lipinski definition) is 7. The molecule has 0 radical (unpaired) electrons. The number of aromatic nitrogens is 2. The molecule has 0 unspecified atom stereocenters. The summed E-state index contributed by atoms with van der Waals surface area (Å²) >= 11 is 0. The molecule has 1 atom stereocenters. The summed E-state index contributed by atoms with van der Waals surface area (Å²) in [6.45, 7) is -0.371. The number of anilines is 1. The van der Waals surface area contributed by atoms with E-state index in [-0.39, 0.29) is 24.5 Å². The van der Waals surface area contributed by atoms with Crippen molar-refractivity contribution in [1.29, 1.82) is 0 Å². The third kappa shape index (κ3) is 2.67. The molecule has 9 heteroatoms. The number of nitrogen functional groups attached to an aromatic ring is 1.